The molecule has 6 heteroatoms. The van der Waals surface area contributed by atoms with E-state index in [4.69, 9.17) is 9.47 Å². The smallest absolute Gasteiger partial charge is 0.314 e. The Morgan fingerprint density at radius 2 is 2.22 bits per heavy atom. The minimum absolute atomic E-state index is 0.0778. The summed E-state index contributed by atoms with van der Waals surface area (Å²) in [5.41, 5.74) is -0.0778. The van der Waals surface area contributed by atoms with Crippen molar-refractivity contribution >= 4 is 5.69 Å². The van der Waals surface area contributed by atoms with Gasteiger partial charge in [0.05, 0.1) is 24.7 Å². The maximum absolute atomic E-state index is 10.9. The maximum Gasteiger partial charge on any atom is 0.314 e. The van der Waals surface area contributed by atoms with E-state index in [-0.39, 0.29) is 17.4 Å². The van der Waals surface area contributed by atoms with Gasteiger partial charge in [-0.3, -0.25) is 10.1 Å². The zero-order chi connectivity index (χ0) is 13.5. The molecular formula is C12H18N2O4. The molecular weight excluding hydrogens is 236 g/mol. The normalized spacial score (nSPS) is 11.9. The van der Waals surface area contributed by atoms with E-state index in [0.29, 0.717) is 12.4 Å². The first kappa shape index (κ1) is 14.2. The fraction of sp³-hybridized carbons (Fsp3) is 0.500. The van der Waals surface area contributed by atoms with E-state index in [2.05, 4.69) is 5.32 Å². The van der Waals surface area contributed by atoms with Crippen molar-refractivity contribution in [3.63, 3.8) is 0 Å². The van der Waals surface area contributed by atoms with E-state index in [0.717, 1.165) is 6.54 Å². The van der Waals surface area contributed by atoms with Crippen molar-refractivity contribution < 1.29 is 14.4 Å². The lowest BCUT2D eigenvalue weighted by Crippen LogP contribution is -2.21. The highest BCUT2D eigenvalue weighted by atomic mass is 16.6. The van der Waals surface area contributed by atoms with Gasteiger partial charge in [0.2, 0.25) is 0 Å². The molecule has 1 aromatic rings. The Morgan fingerprint density at radius 3 is 2.78 bits per heavy atom. The summed E-state index contributed by atoms with van der Waals surface area (Å²) in [6.45, 7) is 3.23. The second-order valence-electron chi connectivity index (χ2n) is 4.06. The Hall–Kier alpha value is -1.82. The monoisotopic (exact) mass is 254 g/mol. The van der Waals surface area contributed by atoms with Gasteiger partial charge in [0.15, 0.2) is 5.75 Å². The standard InChI is InChI=1S/C12H18N2O4/c1-9(7-13-2)8-18-12-5-4-10(17-3)6-11(12)14(15)16/h4-6,9,13H,7-8H2,1-3H3. The molecule has 0 spiro atoms. The largest absolute Gasteiger partial charge is 0.496 e. The molecule has 6 nitrogen and oxygen atoms in total. The summed E-state index contributed by atoms with van der Waals surface area (Å²) >= 11 is 0. The molecule has 0 fully saturated rings. The Bertz CT molecular complexity index is 409. The Kier molecular flexibility index (Phi) is 5.38. The summed E-state index contributed by atoms with van der Waals surface area (Å²) in [6.07, 6.45) is 0. The Morgan fingerprint density at radius 1 is 1.50 bits per heavy atom. The molecule has 1 aromatic carbocycles. The van der Waals surface area contributed by atoms with Crippen molar-refractivity contribution in [3.8, 4) is 11.5 Å². The highest BCUT2D eigenvalue weighted by Crippen LogP contribution is 2.31. The number of nitro groups is 1. The summed E-state index contributed by atoms with van der Waals surface area (Å²) in [5.74, 6) is 0.984. The number of methoxy groups -OCH3 is 1. The molecule has 1 atom stereocenters. The van der Waals surface area contributed by atoms with E-state index in [9.17, 15) is 10.1 Å². The van der Waals surface area contributed by atoms with Gasteiger partial charge in [-0.15, -0.1) is 0 Å². The second kappa shape index (κ2) is 6.80. The number of hydrogen-bond acceptors (Lipinski definition) is 5. The quantitative estimate of drug-likeness (QED) is 0.593. The molecule has 1 rings (SSSR count). The lowest BCUT2D eigenvalue weighted by molar-refractivity contribution is -0.386. The molecule has 0 saturated carbocycles. The van der Waals surface area contributed by atoms with Gasteiger partial charge in [-0.2, -0.15) is 0 Å². The third-order valence-corrected chi connectivity index (χ3v) is 2.44. The fourth-order valence-electron chi connectivity index (χ4n) is 1.53. The number of rotatable bonds is 7. The number of benzene rings is 1. The highest BCUT2D eigenvalue weighted by Gasteiger charge is 2.17. The topological polar surface area (TPSA) is 73.6 Å². The van der Waals surface area contributed by atoms with Gasteiger partial charge in [0.25, 0.3) is 0 Å². The molecule has 0 aliphatic carbocycles. The molecule has 100 valence electrons. The highest BCUT2D eigenvalue weighted by molar-refractivity contribution is 5.50. The first-order valence-corrected chi connectivity index (χ1v) is 5.68. The van der Waals surface area contributed by atoms with Crippen LogP contribution < -0.4 is 14.8 Å². The van der Waals surface area contributed by atoms with Gasteiger partial charge < -0.3 is 14.8 Å². The predicted octanol–water partition coefficient (Wildman–Crippen LogP) is 1.84. The lowest BCUT2D eigenvalue weighted by Gasteiger charge is -2.12. The van der Waals surface area contributed by atoms with Gasteiger partial charge >= 0.3 is 5.69 Å². The van der Waals surface area contributed by atoms with Gasteiger partial charge in [0.1, 0.15) is 5.75 Å². The first-order chi connectivity index (χ1) is 8.58. The van der Waals surface area contributed by atoms with Gasteiger partial charge in [-0.1, -0.05) is 6.92 Å². The third kappa shape index (κ3) is 3.89. The molecule has 0 radical (unpaired) electrons. The van der Waals surface area contributed by atoms with E-state index in [1.54, 1.807) is 12.1 Å². The molecule has 1 unspecified atom stereocenters. The first-order valence-electron chi connectivity index (χ1n) is 5.68. The molecule has 0 bridgehead atoms. The van der Waals surface area contributed by atoms with Crippen molar-refractivity contribution in [2.24, 2.45) is 5.92 Å². The summed E-state index contributed by atoms with van der Waals surface area (Å²) in [5, 5.41) is 13.9. The van der Waals surface area contributed by atoms with Gasteiger partial charge in [-0.25, -0.2) is 0 Å². The van der Waals surface area contributed by atoms with Crippen LogP contribution in [-0.4, -0.2) is 32.2 Å². The van der Waals surface area contributed by atoms with Crippen LogP contribution in [0.25, 0.3) is 0 Å². The van der Waals surface area contributed by atoms with Crippen LogP contribution in [0.2, 0.25) is 0 Å². The molecule has 0 heterocycles. The molecule has 0 aliphatic heterocycles. The zero-order valence-electron chi connectivity index (χ0n) is 10.8. The van der Waals surface area contributed by atoms with Crippen molar-refractivity contribution in [2.75, 3.05) is 27.3 Å². The van der Waals surface area contributed by atoms with E-state index in [1.807, 2.05) is 14.0 Å². The number of ether oxygens (including phenoxy) is 2. The molecule has 0 amide bonds. The van der Waals surface area contributed by atoms with Crippen LogP contribution >= 0.6 is 0 Å². The Labute approximate surface area is 106 Å². The predicted molar refractivity (Wildman–Crippen MR) is 68.2 cm³/mol. The molecule has 0 saturated heterocycles. The van der Waals surface area contributed by atoms with Crippen LogP contribution in [0.1, 0.15) is 6.92 Å². The van der Waals surface area contributed by atoms with Crippen molar-refractivity contribution in [2.45, 2.75) is 6.92 Å². The maximum atomic E-state index is 10.9. The number of nitrogens with one attached hydrogen (secondary N) is 1. The van der Waals surface area contributed by atoms with Gasteiger partial charge in [0, 0.05) is 12.5 Å². The minimum atomic E-state index is -0.472. The summed E-state index contributed by atoms with van der Waals surface area (Å²) in [4.78, 5) is 10.4. The molecule has 0 aromatic heterocycles. The number of nitro benzene ring substituents is 1. The Balaban J connectivity index is 2.78. The molecule has 1 N–H and O–H groups in total. The number of hydrogen-bond donors (Lipinski definition) is 1. The average molecular weight is 254 g/mol. The molecule has 0 aliphatic rings. The summed E-state index contributed by atoms with van der Waals surface area (Å²) in [6, 6.07) is 4.56. The van der Waals surface area contributed by atoms with E-state index >= 15 is 0 Å². The van der Waals surface area contributed by atoms with Crippen LogP contribution in [0.15, 0.2) is 18.2 Å². The van der Waals surface area contributed by atoms with E-state index in [1.165, 1.54) is 13.2 Å². The molecule has 18 heavy (non-hydrogen) atoms. The van der Waals surface area contributed by atoms with Crippen LogP contribution in [0.5, 0.6) is 11.5 Å². The van der Waals surface area contributed by atoms with Crippen molar-refractivity contribution in [1.82, 2.24) is 5.32 Å². The van der Waals surface area contributed by atoms with Crippen LogP contribution in [0.4, 0.5) is 5.69 Å². The third-order valence-electron chi connectivity index (χ3n) is 2.44. The van der Waals surface area contributed by atoms with Gasteiger partial charge in [-0.05, 0) is 19.2 Å². The summed E-state index contributed by atoms with van der Waals surface area (Å²) < 4.78 is 10.4. The number of nitrogens with zero attached hydrogens (tertiary/aromatic N) is 1. The fourth-order valence-corrected chi connectivity index (χ4v) is 1.53. The minimum Gasteiger partial charge on any atom is -0.496 e. The SMILES string of the molecule is CNCC(C)COc1ccc(OC)cc1[N+](=O)[O-]. The van der Waals surface area contributed by atoms with Crippen molar-refractivity contribution in [1.29, 1.82) is 0 Å². The van der Waals surface area contributed by atoms with Crippen LogP contribution in [0.3, 0.4) is 0 Å². The van der Waals surface area contributed by atoms with Crippen molar-refractivity contribution in [3.05, 3.63) is 28.3 Å². The van der Waals surface area contributed by atoms with Crippen LogP contribution in [0, 0.1) is 16.0 Å². The summed E-state index contributed by atoms with van der Waals surface area (Å²) in [7, 11) is 3.32. The lowest BCUT2D eigenvalue weighted by atomic mass is 10.2. The second-order valence-corrected chi connectivity index (χ2v) is 4.06. The average Bonchev–Trinajstić information content (AvgIpc) is 2.36. The van der Waals surface area contributed by atoms with E-state index < -0.39 is 4.92 Å². The zero-order valence-corrected chi connectivity index (χ0v) is 10.8. The van der Waals surface area contributed by atoms with Crippen LogP contribution in [-0.2, 0) is 0 Å².